The summed E-state index contributed by atoms with van der Waals surface area (Å²) in [7, 11) is 1.61. The quantitative estimate of drug-likeness (QED) is 0.921. The van der Waals surface area contributed by atoms with Gasteiger partial charge < -0.3 is 9.84 Å². The highest BCUT2D eigenvalue weighted by atomic mass is 35.5. The molecule has 0 fully saturated rings. The maximum atomic E-state index is 10.5. The van der Waals surface area contributed by atoms with Gasteiger partial charge in [0.25, 0.3) is 0 Å². The lowest BCUT2D eigenvalue weighted by Gasteiger charge is -2.15. The predicted molar refractivity (Wildman–Crippen MR) is 79.4 cm³/mol. The molecule has 2 aromatic rings. The molecule has 0 spiro atoms. The molecular weight excluding hydrogens is 299 g/mol. The van der Waals surface area contributed by atoms with E-state index in [4.69, 9.17) is 27.9 Å². The average molecular weight is 315 g/mol. The zero-order valence-corrected chi connectivity index (χ0v) is 12.8. The van der Waals surface area contributed by atoms with Gasteiger partial charge in [0.2, 0.25) is 0 Å². The number of aliphatic hydroxyl groups excluding tert-OH is 1. The molecule has 1 atom stereocenters. The number of aliphatic hydroxyl groups is 1. The number of hydrogen-bond acceptors (Lipinski definition) is 3. The van der Waals surface area contributed by atoms with Crippen LogP contribution in [0, 0.1) is 6.92 Å². The first-order chi connectivity index (χ1) is 9.54. The Kier molecular flexibility index (Phi) is 5.05. The molecule has 0 saturated carbocycles. The van der Waals surface area contributed by atoms with Crippen molar-refractivity contribution in [2.45, 2.75) is 19.6 Å². The molecule has 0 radical (unpaired) electrons. The molecule has 2 rings (SSSR count). The summed E-state index contributed by atoms with van der Waals surface area (Å²) in [5.74, 6) is 0. The number of nitrogens with zero attached hydrogens (tertiary/aromatic N) is 2. The smallest absolute Gasteiger partial charge is 0.122 e. The normalized spacial score (nSPS) is 12.7. The molecular formula is C14H16Cl2N2O2. The van der Waals surface area contributed by atoms with Crippen LogP contribution in [0.5, 0.6) is 0 Å². The first kappa shape index (κ1) is 15.3. The number of rotatable bonds is 5. The average Bonchev–Trinajstić information content (AvgIpc) is 2.80. The van der Waals surface area contributed by atoms with Crippen LogP contribution in [0.15, 0.2) is 24.4 Å². The molecule has 0 aliphatic heterocycles. The third-order valence-electron chi connectivity index (χ3n) is 3.11. The zero-order valence-electron chi connectivity index (χ0n) is 11.3. The Bertz CT molecular complexity index is 599. The van der Waals surface area contributed by atoms with Crippen molar-refractivity contribution in [3.8, 4) is 0 Å². The zero-order chi connectivity index (χ0) is 14.7. The van der Waals surface area contributed by atoms with Crippen LogP contribution in [0.3, 0.4) is 0 Å². The van der Waals surface area contributed by atoms with Crippen molar-refractivity contribution in [2.75, 3.05) is 13.7 Å². The van der Waals surface area contributed by atoms with Gasteiger partial charge in [0.15, 0.2) is 0 Å². The molecule has 1 unspecified atom stereocenters. The Morgan fingerprint density at radius 3 is 2.75 bits per heavy atom. The van der Waals surface area contributed by atoms with E-state index in [1.165, 1.54) is 6.20 Å². The minimum Gasteiger partial charge on any atom is -0.383 e. The highest BCUT2D eigenvalue weighted by molar-refractivity contribution is 6.31. The molecule has 4 nitrogen and oxygen atoms in total. The molecule has 1 heterocycles. The van der Waals surface area contributed by atoms with E-state index in [0.717, 1.165) is 5.56 Å². The monoisotopic (exact) mass is 314 g/mol. The SMILES string of the molecule is COCCn1ncc(Cl)c1C(O)c1ccc(C)c(Cl)c1. The van der Waals surface area contributed by atoms with E-state index in [-0.39, 0.29) is 0 Å². The molecule has 0 aliphatic carbocycles. The lowest BCUT2D eigenvalue weighted by atomic mass is 10.0. The summed E-state index contributed by atoms with van der Waals surface area (Å²) in [4.78, 5) is 0. The van der Waals surface area contributed by atoms with Gasteiger partial charge in [0.1, 0.15) is 6.10 Å². The first-order valence-corrected chi connectivity index (χ1v) is 6.94. The van der Waals surface area contributed by atoms with Crippen LogP contribution in [-0.4, -0.2) is 28.6 Å². The van der Waals surface area contributed by atoms with E-state index in [9.17, 15) is 5.11 Å². The summed E-state index contributed by atoms with van der Waals surface area (Å²) in [5, 5.41) is 15.7. The molecule has 1 aromatic carbocycles. The van der Waals surface area contributed by atoms with Crippen LogP contribution < -0.4 is 0 Å². The van der Waals surface area contributed by atoms with Crippen molar-refractivity contribution in [1.82, 2.24) is 9.78 Å². The summed E-state index contributed by atoms with van der Waals surface area (Å²) in [6, 6.07) is 5.44. The molecule has 0 amide bonds. The van der Waals surface area contributed by atoms with E-state index < -0.39 is 6.10 Å². The van der Waals surface area contributed by atoms with Gasteiger partial charge in [0.05, 0.1) is 30.1 Å². The Hall–Kier alpha value is -1.07. The number of hydrogen-bond donors (Lipinski definition) is 1. The second kappa shape index (κ2) is 6.59. The van der Waals surface area contributed by atoms with Crippen LogP contribution in [0.25, 0.3) is 0 Å². The van der Waals surface area contributed by atoms with Gasteiger partial charge in [-0.15, -0.1) is 0 Å². The fourth-order valence-electron chi connectivity index (χ4n) is 1.94. The van der Waals surface area contributed by atoms with E-state index >= 15 is 0 Å². The number of halogens is 2. The summed E-state index contributed by atoms with van der Waals surface area (Å²) < 4.78 is 6.67. The molecule has 20 heavy (non-hydrogen) atoms. The maximum Gasteiger partial charge on any atom is 0.122 e. The summed E-state index contributed by atoms with van der Waals surface area (Å²) >= 11 is 12.2. The van der Waals surface area contributed by atoms with Crippen LogP contribution in [-0.2, 0) is 11.3 Å². The molecule has 0 saturated heterocycles. The lowest BCUT2D eigenvalue weighted by Crippen LogP contribution is -2.13. The van der Waals surface area contributed by atoms with E-state index in [2.05, 4.69) is 5.10 Å². The van der Waals surface area contributed by atoms with Gasteiger partial charge in [0, 0.05) is 12.1 Å². The van der Waals surface area contributed by atoms with Crippen LogP contribution in [0.4, 0.5) is 0 Å². The van der Waals surface area contributed by atoms with Gasteiger partial charge >= 0.3 is 0 Å². The van der Waals surface area contributed by atoms with Crippen molar-refractivity contribution in [2.24, 2.45) is 0 Å². The van der Waals surface area contributed by atoms with Crippen molar-refractivity contribution in [3.05, 3.63) is 51.3 Å². The first-order valence-electron chi connectivity index (χ1n) is 6.19. The van der Waals surface area contributed by atoms with Crippen LogP contribution in [0.1, 0.15) is 22.9 Å². The largest absolute Gasteiger partial charge is 0.383 e. The van der Waals surface area contributed by atoms with E-state index in [1.807, 2.05) is 19.1 Å². The highest BCUT2D eigenvalue weighted by Gasteiger charge is 2.20. The van der Waals surface area contributed by atoms with Crippen LogP contribution >= 0.6 is 23.2 Å². The molecule has 108 valence electrons. The molecule has 0 aliphatic rings. The Balaban J connectivity index is 2.34. The van der Waals surface area contributed by atoms with E-state index in [0.29, 0.717) is 34.5 Å². The second-order valence-electron chi connectivity index (χ2n) is 4.50. The minimum absolute atomic E-state index is 0.422. The summed E-state index contributed by atoms with van der Waals surface area (Å²) in [6.07, 6.45) is 0.644. The predicted octanol–water partition coefficient (Wildman–Crippen LogP) is 3.23. The number of methoxy groups -OCH3 is 1. The van der Waals surface area contributed by atoms with Crippen molar-refractivity contribution in [1.29, 1.82) is 0 Å². The van der Waals surface area contributed by atoms with Gasteiger partial charge in [-0.25, -0.2) is 0 Å². The van der Waals surface area contributed by atoms with Crippen molar-refractivity contribution in [3.63, 3.8) is 0 Å². The molecule has 1 N–H and O–H groups in total. The van der Waals surface area contributed by atoms with Gasteiger partial charge in [-0.05, 0) is 24.1 Å². The number of ether oxygens (including phenoxy) is 1. The lowest BCUT2D eigenvalue weighted by molar-refractivity contribution is 0.171. The highest BCUT2D eigenvalue weighted by Crippen LogP contribution is 2.30. The number of aryl methyl sites for hydroxylation is 1. The minimum atomic E-state index is -0.875. The molecule has 0 bridgehead atoms. The van der Waals surface area contributed by atoms with Crippen molar-refractivity contribution < 1.29 is 9.84 Å². The summed E-state index contributed by atoms with van der Waals surface area (Å²) in [5.41, 5.74) is 2.19. The Labute approximate surface area is 127 Å². The topological polar surface area (TPSA) is 47.3 Å². The standard InChI is InChI=1S/C14H16Cl2N2O2/c1-9-3-4-10(7-11(9)15)14(19)13-12(16)8-17-18(13)5-6-20-2/h3-4,7-8,14,19H,5-6H2,1-2H3. The van der Waals surface area contributed by atoms with Crippen LogP contribution in [0.2, 0.25) is 10.0 Å². The van der Waals surface area contributed by atoms with Gasteiger partial charge in [-0.3, -0.25) is 4.68 Å². The van der Waals surface area contributed by atoms with Gasteiger partial charge in [-0.2, -0.15) is 5.10 Å². The number of benzene rings is 1. The third-order valence-corrected chi connectivity index (χ3v) is 3.81. The Morgan fingerprint density at radius 1 is 1.35 bits per heavy atom. The fraction of sp³-hybridized carbons (Fsp3) is 0.357. The second-order valence-corrected chi connectivity index (χ2v) is 5.32. The number of aromatic nitrogens is 2. The Morgan fingerprint density at radius 2 is 2.10 bits per heavy atom. The fourth-order valence-corrected chi connectivity index (χ4v) is 2.37. The van der Waals surface area contributed by atoms with Crippen molar-refractivity contribution >= 4 is 23.2 Å². The third kappa shape index (κ3) is 3.15. The maximum absolute atomic E-state index is 10.5. The van der Waals surface area contributed by atoms with Gasteiger partial charge in [-0.1, -0.05) is 35.3 Å². The molecule has 1 aromatic heterocycles. The summed E-state index contributed by atoms with van der Waals surface area (Å²) in [6.45, 7) is 2.93. The van der Waals surface area contributed by atoms with E-state index in [1.54, 1.807) is 17.9 Å². The molecule has 6 heteroatoms.